The van der Waals surface area contributed by atoms with Crippen LogP contribution in [0.25, 0.3) is 0 Å². The van der Waals surface area contributed by atoms with Crippen LogP contribution in [0.15, 0.2) is 0 Å². The second kappa shape index (κ2) is 5.56. The third-order valence-electron chi connectivity index (χ3n) is 1.61. The molecule has 0 saturated heterocycles. The number of nitrogens with zero attached hydrogens (tertiary/aromatic N) is 1. The molecule has 0 N–H and O–H groups in total. The SMILES string of the molecule is CCN(C)C[C@@H](C)OC(C)C. The van der Waals surface area contributed by atoms with Crippen LogP contribution >= 0.6 is 0 Å². The fourth-order valence-electron chi connectivity index (χ4n) is 1.08. The molecule has 0 aromatic carbocycles. The predicted octanol–water partition coefficient (Wildman–Crippen LogP) is 1.75. The first-order chi connectivity index (χ1) is 5.06. The van der Waals surface area contributed by atoms with E-state index in [-0.39, 0.29) is 0 Å². The van der Waals surface area contributed by atoms with Crippen molar-refractivity contribution in [2.24, 2.45) is 0 Å². The van der Waals surface area contributed by atoms with Crippen molar-refractivity contribution >= 4 is 0 Å². The normalized spacial score (nSPS) is 14.5. The Morgan fingerprint density at radius 3 is 2.18 bits per heavy atom. The van der Waals surface area contributed by atoms with E-state index in [0.29, 0.717) is 12.2 Å². The van der Waals surface area contributed by atoms with Crippen LogP contribution in [0.4, 0.5) is 0 Å². The van der Waals surface area contributed by atoms with E-state index in [1.807, 2.05) is 0 Å². The molecule has 0 fully saturated rings. The van der Waals surface area contributed by atoms with Crippen LogP contribution in [0.3, 0.4) is 0 Å². The molecule has 0 bridgehead atoms. The molecule has 0 aliphatic rings. The van der Waals surface area contributed by atoms with E-state index in [1.165, 1.54) is 0 Å². The molecular formula is C9H21NO. The molecule has 0 saturated carbocycles. The Balaban J connectivity index is 3.43. The number of hydrogen-bond donors (Lipinski definition) is 0. The van der Waals surface area contributed by atoms with Gasteiger partial charge in [0.1, 0.15) is 0 Å². The van der Waals surface area contributed by atoms with Crippen molar-refractivity contribution in [3.05, 3.63) is 0 Å². The maximum absolute atomic E-state index is 5.58. The molecule has 0 spiro atoms. The Morgan fingerprint density at radius 1 is 1.27 bits per heavy atom. The van der Waals surface area contributed by atoms with Crippen LogP contribution in [0, 0.1) is 0 Å². The average molecular weight is 159 g/mol. The molecule has 0 radical (unpaired) electrons. The van der Waals surface area contributed by atoms with Crippen LogP contribution in [-0.2, 0) is 4.74 Å². The number of ether oxygens (including phenoxy) is 1. The largest absolute Gasteiger partial charge is 0.375 e. The van der Waals surface area contributed by atoms with Gasteiger partial charge in [-0.25, -0.2) is 0 Å². The molecule has 0 aromatic rings. The minimum atomic E-state index is 0.343. The molecule has 2 nitrogen and oxygen atoms in total. The van der Waals surface area contributed by atoms with Gasteiger partial charge in [0.25, 0.3) is 0 Å². The highest BCUT2D eigenvalue weighted by atomic mass is 16.5. The minimum Gasteiger partial charge on any atom is -0.375 e. The quantitative estimate of drug-likeness (QED) is 0.606. The predicted molar refractivity (Wildman–Crippen MR) is 48.9 cm³/mol. The lowest BCUT2D eigenvalue weighted by Gasteiger charge is -2.21. The highest BCUT2D eigenvalue weighted by Crippen LogP contribution is 1.98. The lowest BCUT2D eigenvalue weighted by Crippen LogP contribution is -2.30. The maximum Gasteiger partial charge on any atom is 0.0677 e. The molecule has 0 unspecified atom stereocenters. The molecule has 0 rings (SSSR count). The average Bonchev–Trinajstić information content (AvgIpc) is 1.85. The molecule has 1 atom stereocenters. The van der Waals surface area contributed by atoms with Gasteiger partial charge in [-0.3, -0.25) is 0 Å². The molecule has 0 heterocycles. The molecule has 0 aromatic heterocycles. The zero-order valence-electron chi connectivity index (χ0n) is 8.42. The van der Waals surface area contributed by atoms with E-state index in [0.717, 1.165) is 13.1 Å². The molecule has 68 valence electrons. The zero-order chi connectivity index (χ0) is 8.85. The highest BCUT2D eigenvalue weighted by molar-refractivity contribution is 4.57. The van der Waals surface area contributed by atoms with Gasteiger partial charge in [0.15, 0.2) is 0 Å². The summed E-state index contributed by atoms with van der Waals surface area (Å²) >= 11 is 0. The number of likely N-dealkylation sites (N-methyl/N-ethyl adjacent to an activating group) is 1. The van der Waals surface area contributed by atoms with Crippen LogP contribution in [-0.4, -0.2) is 37.2 Å². The van der Waals surface area contributed by atoms with Gasteiger partial charge in [-0.15, -0.1) is 0 Å². The fraction of sp³-hybridized carbons (Fsp3) is 1.00. The Morgan fingerprint density at radius 2 is 1.82 bits per heavy atom. The summed E-state index contributed by atoms with van der Waals surface area (Å²) in [7, 11) is 2.11. The van der Waals surface area contributed by atoms with Crippen molar-refractivity contribution in [1.29, 1.82) is 0 Å². The van der Waals surface area contributed by atoms with E-state index in [1.54, 1.807) is 0 Å². The third kappa shape index (κ3) is 6.32. The summed E-state index contributed by atoms with van der Waals surface area (Å²) in [5, 5.41) is 0. The fourth-order valence-corrected chi connectivity index (χ4v) is 1.08. The topological polar surface area (TPSA) is 12.5 Å². The molecule has 2 heteroatoms. The summed E-state index contributed by atoms with van der Waals surface area (Å²) < 4.78 is 5.58. The summed E-state index contributed by atoms with van der Waals surface area (Å²) in [5.41, 5.74) is 0. The summed E-state index contributed by atoms with van der Waals surface area (Å²) in [5.74, 6) is 0. The van der Waals surface area contributed by atoms with Gasteiger partial charge >= 0.3 is 0 Å². The van der Waals surface area contributed by atoms with E-state index in [9.17, 15) is 0 Å². The first-order valence-corrected chi connectivity index (χ1v) is 4.40. The minimum absolute atomic E-state index is 0.343. The van der Waals surface area contributed by atoms with Gasteiger partial charge in [-0.05, 0) is 34.4 Å². The first-order valence-electron chi connectivity index (χ1n) is 4.40. The second-order valence-electron chi connectivity index (χ2n) is 3.35. The number of rotatable bonds is 5. The molecule has 0 aliphatic carbocycles. The Bertz CT molecular complexity index is 93.6. The maximum atomic E-state index is 5.58. The monoisotopic (exact) mass is 159 g/mol. The molecule has 11 heavy (non-hydrogen) atoms. The van der Waals surface area contributed by atoms with Gasteiger partial charge in [-0.2, -0.15) is 0 Å². The highest BCUT2D eigenvalue weighted by Gasteiger charge is 2.06. The van der Waals surface area contributed by atoms with Gasteiger partial charge in [0.05, 0.1) is 12.2 Å². The van der Waals surface area contributed by atoms with E-state index in [2.05, 4.69) is 39.6 Å². The smallest absolute Gasteiger partial charge is 0.0677 e. The lowest BCUT2D eigenvalue weighted by atomic mass is 10.3. The first kappa shape index (κ1) is 10.9. The van der Waals surface area contributed by atoms with Gasteiger partial charge < -0.3 is 9.64 Å². The van der Waals surface area contributed by atoms with Crippen molar-refractivity contribution in [3.8, 4) is 0 Å². The van der Waals surface area contributed by atoms with Crippen molar-refractivity contribution in [2.45, 2.75) is 39.9 Å². The van der Waals surface area contributed by atoms with Crippen molar-refractivity contribution in [1.82, 2.24) is 4.90 Å². The Hall–Kier alpha value is -0.0800. The lowest BCUT2D eigenvalue weighted by molar-refractivity contribution is 0.00341. The summed E-state index contributed by atoms with van der Waals surface area (Å²) in [4.78, 5) is 2.26. The zero-order valence-corrected chi connectivity index (χ0v) is 8.42. The molecule has 0 aliphatic heterocycles. The molecule has 0 amide bonds. The van der Waals surface area contributed by atoms with E-state index >= 15 is 0 Å². The van der Waals surface area contributed by atoms with Crippen LogP contribution in [0.5, 0.6) is 0 Å². The van der Waals surface area contributed by atoms with Gasteiger partial charge in [-0.1, -0.05) is 6.92 Å². The van der Waals surface area contributed by atoms with E-state index in [4.69, 9.17) is 4.74 Å². The number of hydrogen-bond acceptors (Lipinski definition) is 2. The third-order valence-corrected chi connectivity index (χ3v) is 1.61. The summed E-state index contributed by atoms with van der Waals surface area (Å²) in [6.07, 6.45) is 0.690. The van der Waals surface area contributed by atoms with Crippen molar-refractivity contribution in [2.75, 3.05) is 20.1 Å². The van der Waals surface area contributed by atoms with Crippen molar-refractivity contribution < 1.29 is 4.74 Å². The summed E-state index contributed by atoms with van der Waals surface area (Å²) in [6.45, 7) is 10.5. The standard InChI is InChI=1S/C9H21NO/c1-6-10(5)7-9(4)11-8(2)3/h8-9H,6-7H2,1-5H3/t9-/m1/s1. The van der Waals surface area contributed by atoms with Crippen LogP contribution in [0.2, 0.25) is 0 Å². The molecular weight excluding hydrogens is 138 g/mol. The Kier molecular flexibility index (Phi) is 5.51. The van der Waals surface area contributed by atoms with Crippen LogP contribution in [0.1, 0.15) is 27.7 Å². The Labute approximate surface area is 70.5 Å². The summed E-state index contributed by atoms with van der Waals surface area (Å²) in [6, 6.07) is 0. The van der Waals surface area contributed by atoms with Crippen molar-refractivity contribution in [3.63, 3.8) is 0 Å². The van der Waals surface area contributed by atoms with Gasteiger partial charge in [0, 0.05) is 6.54 Å². The van der Waals surface area contributed by atoms with Gasteiger partial charge in [0.2, 0.25) is 0 Å². The second-order valence-corrected chi connectivity index (χ2v) is 3.35. The van der Waals surface area contributed by atoms with E-state index < -0.39 is 0 Å². The van der Waals surface area contributed by atoms with Crippen LogP contribution < -0.4 is 0 Å².